The zero-order valence-electron chi connectivity index (χ0n) is 33.2. The summed E-state index contributed by atoms with van der Waals surface area (Å²) >= 11 is 0. The van der Waals surface area contributed by atoms with Crippen LogP contribution in [0.15, 0.2) is 231 Å². The molecule has 3 aromatic heterocycles. The van der Waals surface area contributed by atoms with Crippen molar-refractivity contribution in [2.75, 3.05) is 4.90 Å². The van der Waals surface area contributed by atoms with E-state index >= 15 is 0 Å². The largest absolute Gasteiger partial charge is 0.310 e. The van der Waals surface area contributed by atoms with Crippen LogP contribution >= 0.6 is 0 Å². The van der Waals surface area contributed by atoms with Crippen LogP contribution in [0.3, 0.4) is 0 Å². The molecule has 9 aromatic carbocycles. The number of benzene rings is 9. The summed E-state index contributed by atoms with van der Waals surface area (Å²) in [6.07, 6.45) is 3.97. The number of hydrogen-bond acceptors (Lipinski definition) is 2. The Balaban J connectivity index is 1.02. The van der Waals surface area contributed by atoms with Crippen molar-refractivity contribution < 1.29 is 0 Å². The van der Waals surface area contributed by atoms with Crippen LogP contribution in [-0.4, -0.2) is 14.1 Å². The average Bonchev–Trinajstić information content (AvgIpc) is 3.85. The van der Waals surface area contributed by atoms with Gasteiger partial charge in [0.05, 0.1) is 27.8 Å². The molecule has 0 N–H and O–H groups in total. The molecular weight excluding hydrogens is 741 g/mol. The number of pyridine rings is 1. The van der Waals surface area contributed by atoms with Gasteiger partial charge in [-0.25, -0.2) is 0 Å². The molecule has 4 nitrogen and oxygen atoms in total. The Morgan fingerprint density at radius 3 is 1.31 bits per heavy atom. The maximum absolute atomic E-state index is 4.88. The fourth-order valence-corrected chi connectivity index (χ4v) is 9.39. The van der Waals surface area contributed by atoms with Crippen molar-refractivity contribution in [2.24, 2.45) is 0 Å². The Hall–Kier alpha value is -8.21. The lowest BCUT2D eigenvalue weighted by atomic mass is 10.00. The number of para-hydroxylation sites is 5. The smallest absolute Gasteiger partial charge is 0.0541 e. The van der Waals surface area contributed by atoms with E-state index in [1.807, 2.05) is 12.4 Å². The molecule has 12 aromatic rings. The highest BCUT2D eigenvalue weighted by molar-refractivity contribution is 6.11. The lowest BCUT2D eigenvalue weighted by molar-refractivity contribution is 1.13. The van der Waals surface area contributed by atoms with Crippen molar-refractivity contribution in [3.63, 3.8) is 0 Å². The molecule has 0 saturated heterocycles. The van der Waals surface area contributed by atoms with Gasteiger partial charge in [0.25, 0.3) is 0 Å². The monoisotopic (exact) mass is 778 g/mol. The molecule has 0 unspecified atom stereocenters. The second kappa shape index (κ2) is 14.3. The summed E-state index contributed by atoms with van der Waals surface area (Å²) in [4.78, 5) is 7.23. The third kappa shape index (κ3) is 5.80. The first-order chi connectivity index (χ1) is 30.3. The number of rotatable bonds is 7. The van der Waals surface area contributed by atoms with E-state index in [-0.39, 0.29) is 0 Å². The SMILES string of the molecule is c1ccc(N(c2ccc(-c3cncc(-c4cc(-n5c6ccccc6c6ccccc65)cc(-n5c6ccccc6c6ccccc65)c4)c3)cc2)c2cccc3ccccc23)cc1. The summed E-state index contributed by atoms with van der Waals surface area (Å²) < 4.78 is 4.83. The zero-order valence-corrected chi connectivity index (χ0v) is 33.2. The van der Waals surface area contributed by atoms with Crippen molar-refractivity contribution >= 4 is 71.4 Å². The highest BCUT2D eigenvalue weighted by Gasteiger charge is 2.19. The summed E-state index contributed by atoms with van der Waals surface area (Å²) in [5, 5.41) is 7.36. The molecule has 0 aliphatic rings. The van der Waals surface area contributed by atoms with E-state index in [1.165, 1.54) is 54.4 Å². The van der Waals surface area contributed by atoms with Gasteiger partial charge in [-0.05, 0) is 95.4 Å². The molecule has 4 heteroatoms. The predicted octanol–water partition coefficient (Wildman–Crippen LogP) is 15.2. The number of anilines is 3. The second-order valence-electron chi connectivity index (χ2n) is 15.7. The van der Waals surface area contributed by atoms with Crippen molar-refractivity contribution in [3.05, 3.63) is 231 Å². The molecule has 0 fully saturated rings. The summed E-state index contributed by atoms with van der Waals surface area (Å²) in [6, 6.07) is 78.8. The van der Waals surface area contributed by atoms with Gasteiger partial charge >= 0.3 is 0 Å². The number of nitrogens with zero attached hydrogens (tertiary/aromatic N) is 4. The Kier molecular flexibility index (Phi) is 8.13. The van der Waals surface area contributed by atoms with E-state index in [9.17, 15) is 0 Å². The second-order valence-corrected chi connectivity index (χ2v) is 15.7. The average molecular weight is 779 g/mol. The molecule has 3 heterocycles. The topological polar surface area (TPSA) is 26.0 Å². The lowest BCUT2D eigenvalue weighted by Crippen LogP contribution is -2.10. The highest BCUT2D eigenvalue weighted by atomic mass is 15.1. The van der Waals surface area contributed by atoms with Crippen LogP contribution < -0.4 is 4.90 Å². The molecule has 0 atom stereocenters. The maximum atomic E-state index is 4.88. The van der Waals surface area contributed by atoms with Gasteiger partial charge < -0.3 is 14.0 Å². The minimum Gasteiger partial charge on any atom is -0.310 e. The molecule has 0 aliphatic carbocycles. The first kappa shape index (κ1) is 34.8. The van der Waals surface area contributed by atoms with Crippen molar-refractivity contribution in [1.29, 1.82) is 0 Å². The van der Waals surface area contributed by atoms with Gasteiger partial charge in [0.1, 0.15) is 0 Å². The lowest BCUT2D eigenvalue weighted by Gasteiger charge is -2.27. The summed E-state index contributed by atoms with van der Waals surface area (Å²) in [5.41, 5.74) is 14.5. The van der Waals surface area contributed by atoms with E-state index in [0.717, 1.165) is 50.7 Å². The molecule has 61 heavy (non-hydrogen) atoms. The molecule has 12 rings (SSSR count). The summed E-state index contributed by atoms with van der Waals surface area (Å²) in [7, 11) is 0. The molecule has 0 bridgehead atoms. The first-order valence-corrected chi connectivity index (χ1v) is 20.8. The molecule has 0 spiro atoms. The van der Waals surface area contributed by atoms with Crippen LogP contribution in [0.25, 0.3) is 88.0 Å². The van der Waals surface area contributed by atoms with Crippen LogP contribution in [0.2, 0.25) is 0 Å². The predicted molar refractivity (Wildman–Crippen MR) is 256 cm³/mol. The number of hydrogen-bond donors (Lipinski definition) is 0. The fourth-order valence-electron chi connectivity index (χ4n) is 9.39. The maximum Gasteiger partial charge on any atom is 0.0541 e. The Morgan fingerprint density at radius 1 is 0.311 bits per heavy atom. The third-order valence-corrected chi connectivity index (χ3v) is 12.1. The Bertz CT molecular complexity index is 3350. The summed E-state index contributed by atoms with van der Waals surface area (Å²) in [6.45, 7) is 0. The first-order valence-electron chi connectivity index (χ1n) is 20.8. The molecular formula is C57H38N4. The molecule has 0 saturated carbocycles. The molecule has 286 valence electrons. The van der Waals surface area contributed by atoms with Gasteiger partial charge in [0, 0.05) is 73.2 Å². The van der Waals surface area contributed by atoms with Gasteiger partial charge in [-0.1, -0.05) is 140 Å². The van der Waals surface area contributed by atoms with E-state index in [1.54, 1.807) is 0 Å². The van der Waals surface area contributed by atoms with Crippen LogP contribution in [0.5, 0.6) is 0 Å². The van der Waals surface area contributed by atoms with Gasteiger partial charge in [-0.2, -0.15) is 0 Å². The minimum atomic E-state index is 1.05. The van der Waals surface area contributed by atoms with E-state index in [0.29, 0.717) is 0 Å². The molecule has 0 aliphatic heterocycles. The Morgan fingerprint density at radius 2 is 0.754 bits per heavy atom. The summed E-state index contributed by atoms with van der Waals surface area (Å²) in [5.74, 6) is 0. The van der Waals surface area contributed by atoms with Crippen LogP contribution in [0.1, 0.15) is 0 Å². The van der Waals surface area contributed by atoms with Crippen LogP contribution in [0, 0.1) is 0 Å². The van der Waals surface area contributed by atoms with Gasteiger partial charge in [-0.15, -0.1) is 0 Å². The van der Waals surface area contributed by atoms with Crippen molar-refractivity contribution in [1.82, 2.24) is 14.1 Å². The fraction of sp³-hybridized carbons (Fsp3) is 0. The highest BCUT2D eigenvalue weighted by Crippen LogP contribution is 2.41. The van der Waals surface area contributed by atoms with E-state index in [2.05, 4.69) is 232 Å². The van der Waals surface area contributed by atoms with Gasteiger partial charge in [0.2, 0.25) is 0 Å². The molecule has 0 amide bonds. The standard InChI is InChI=1S/C57H38N4/c1-2-17-44(18-3-1)59(53-28-14-16-40-15-4-5-19-48(40)53)45-31-29-39(30-32-45)42-33-43(38-58-37-42)41-34-46(60-54-24-10-6-20-49(54)50-21-7-11-25-55(50)60)36-47(35-41)61-56-26-12-8-22-51(56)52-23-9-13-27-57(52)61/h1-38H. The normalized spacial score (nSPS) is 11.6. The zero-order chi connectivity index (χ0) is 40.3. The number of fused-ring (bicyclic) bond motifs is 7. The van der Waals surface area contributed by atoms with E-state index < -0.39 is 0 Å². The quantitative estimate of drug-likeness (QED) is 0.161. The minimum absolute atomic E-state index is 1.05. The van der Waals surface area contributed by atoms with Crippen LogP contribution in [-0.2, 0) is 0 Å². The molecule has 0 radical (unpaired) electrons. The number of aromatic nitrogens is 3. The van der Waals surface area contributed by atoms with Crippen molar-refractivity contribution in [2.45, 2.75) is 0 Å². The van der Waals surface area contributed by atoms with Crippen LogP contribution in [0.4, 0.5) is 17.1 Å². The Labute approximate surface area is 353 Å². The van der Waals surface area contributed by atoms with Gasteiger partial charge in [0.15, 0.2) is 0 Å². The van der Waals surface area contributed by atoms with Gasteiger partial charge in [-0.3, -0.25) is 4.98 Å². The third-order valence-electron chi connectivity index (χ3n) is 12.1. The van der Waals surface area contributed by atoms with E-state index in [4.69, 9.17) is 4.98 Å². The van der Waals surface area contributed by atoms with Crippen molar-refractivity contribution in [3.8, 4) is 33.6 Å².